The second-order valence-corrected chi connectivity index (χ2v) is 7.00. The van der Waals surface area contributed by atoms with E-state index in [4.69, 9.17) is 10.5 Å². The van der Waals surface area contributed by atoms with Gasteiger partial charge in [0.05, 0.1) is 29.0 Å². The molecule has 6 heteroatoms. The van der Waals surface area contributed by atoms with E-state index in [1.807, 2.05) is 12.1 Å². The van der Waals surface area contributed by atoms with E-state index in [0.717, 1.165) is 54.5 Å². The van der Waals surface area contributed by atoms with E-state index in [1.54, 1.807) is 17.4 Å². The first-order valence-electron chi connectivity index (χ1n) is 7.19. The van der Waals surface area contributed by atoms with Crippen LogP contribution in [-0.2, 0) is 4.74 Å². The third-order valence-corrected chi connectivity index (χ3v) is 5.67. The van der Waals surface area contributed by atoms with E-state index in [1.165, 1.54) is 0 Å². The van der Waals surface area contributed by atoms with Gasteiger partial charge in [0.1, 0.15) is 0 Å². The van der Waals surface area contributed by atoms with Crippen LogP contribution in [0.15, 0.2) is 18.2 Å². The molecule has 1 spiro atoms. The second-order valence-electron chi connectivity index (χ2n) is 5.99. The van der Waals surface area contributed by atoms with Gasteiger partial charge in [0.25, 0.3) is 5.91 Å². The van der Waals surface area contributed by atoms with Gasteiger partial charge in [0.2, 0.25) is 0 Å². The van der Waals surface area contributed by atoms with E-state index < -0.39 is 5.91 Å². The zero-order chi connectivity index (χ0) is 14.4. The number of primary amides is 1. The largest absolute Gasteiger partial charge is 0.380 e. The summed E-state index contributed by atoms with van der Waals surface area (Å²) in [5.74, 6) is -0.415. The molecule has 1 amide bonds. The maximum absolute atomic E-state index is 11.5. The number of hydrogen-bond donors (Lipinski definition) is 1. The van der Waals surface area contributed by atoms with Crippen molar-refractivity contribution in [3.8, 4) is 0 Å². The predicted molar refractivity (Wildman–Crippen MR) is 82.8 cm³/mol. The molecule has 2 aromatic rings. The minimum atomic E-state index is -0.415. The Morgan fingerprint density at radius 1 is 1.33 bits per heavy atom. The molecule has 2 N–H and O–H groups in total. The molecule has 0 radical (unpaired) electrons. The fourth-order valence-corrected chi connectivity index (χ4v) is 4.17. The minimum absolute atomic E-state index is 0.415. The van der Waals surface area contributed by atoms with Gasteiger partial charge >= 0.3 is 0 Å². The van der Waals surface area contributed by atoms with Gasteiger partial charge in [-0.2, -0.15) is 0 Å². The van der Waals surface area contributed by atoms with Crippen molar-refractivity contribution in [3.05, 3.63) is 23.8 Å². The number of piperidine rings is 1. The molecule has 3 heterocycles. The molecule has 21 heavy (non-hydrogen) atoms. The predicted octanol–water partition coefficient (Wildman–Crippen LogP) is 2.01. The Bertz CT molecular complexity index is 698. The molecule has 1 aromatic heterocycles. The van der Waals surface area contributed by atoms with Crippen LogP contribution in [0.3, 0.4) is 0 Å². The van der Waals surface area contributed by atoms with E-state index in [0.29, 0.717) is 11.0 Å². The molecule has 2 fully saturated rings. The standard InChI is InChI=1S/C15H17N3O2S/c16-13(19)10-2-1-3-11-12(10)17-14(21-11)18-6-4-15(5-7-18)8-20-9-15/h1-3H,4-9H2,(H2,16,19). The minimum Gasteiger partial charge on any atom is -0.380 e. The maximum atomic E-state index is 11.5. The molecule has 0 saturated carbocycles. The number of hydrogen-bond acceptors (Lipinski definition) is 5. The normalized spacial score (nSPS) is 20.7. The first kappa shape index (κ1) is 13.0. The molecule has 110 valence electrons. The summed E-state index contributed by atoms with van der Waals surface area (Å²) in [6.07, 6.45) is 2.32. The summed E-state index contributed by atoms with van der Waals surface area (Å²) in [5, 5.41) is 0.994. The highest BCUT2D eigenvalue weighted by Gasteiger charge is 2.41. The monoisotopic (exact) mass is 303 g/mol. The summed E-state index contributed by atoms with van der Waals surface area (Å²) in [6, 6.07) is 5.60. The van der Waals surface area contributed by atoms with Crippen molar-refractivity contribution in [2.75, 3.05) is 31.2 Å². The lowest BCUT2D eigenvalue weighted by molar-refractivity contribution is -0.124. The molecule has 0 aliphatic carbocycles. The summed E-state index contributed by atoms with van der Waals surface area (Å²) >= 11 is 1.64. The van der Waals surface area contributed by atoms with Crippen molar-refractivity contribution in [1.29, 1.82) is 0 Å². The molecule has 2 saturated heterocycles. The van der Waals surface area contributed by atoms with Gasteiger partial charge < -0.3 is 15.4 Å². The average Bonchev–Trinajstić information content (AvgIpc) is 2.89. The topological polar surface area (TPSA) is 68.5 Å². The zero-order valence-electron chi connectivity index (χ0n) is 11.7. The van der Waals surface area contributed by atoms with Crippen LogP contribution in [0, 0.1) is 5.41 Å². The first-order valence-corrected chi connectivity index (χ1v) is 8.01. The summed E-state index contributed by atoms with van der Waals surface area (Å²) in [7, 11) is 0. The Labute approximate surface area is 126 Å². The van der Waals surface area contributed by atoms with E-state index >= 15 is 0 Å². The van der Waals surface area contributed by atoms with Crippen molar-refractivity contribution >= 4 is 32.6 Å². The fourth-order valence-electron chi connectivity index (χ4n) is 3.12. The van der Waals surface area contributed by atoms with Gasteiger partial charge in [-0.25, -0.2) is 4.98 Å². The van der Waals surface area contributed by atoms with Crippen molar-refractivity contribution in [2.24, 2.45) is 11.1 Å². The summed E-state index contributed by atoms with van der Waals surface area (Å²) < 4.78 is 6.39. The van der Waals surface area contributed by atoms with Crippen LogP contribution in [-0.4, -0.2) is 37.2 Å². The lowest BCUT2D eigenvalue weighted by atomic mass is 9.77. The number of fused-ring (bicyclic) bond motifs is 1. The quantitative estimate of drug-likeness (QED) is 0.921. The summed E-state index contributed by atoms with van der Waals surface area (Å²) in [6.45, 7) is 3.84. The van der Waals surface area contributed by atoms with Crippen LogP contribution in [0.1, 0.15) is 23.2 Å². The molecular formula is C15H17N3O2S. The zero-order valence-corrected chi connectivity index (χ0v) is 12.5. The Morgan fingerprint density at radius 3 is 2.71 bits per heavy atom. The Kier molecular flexibility index (Phi) is 2.90. The number of anilines is 1. The number of carbonyl (C=O) groups is 1. The highest BCUT2D eigenvalue weighted by Crippen LogP contribution is 2.41. The molecule has 0 atom stereocenters. The number of amides is 1. The molecule has 4 rings (SSSR count). The molecule has 5 nitrogen and oxygen atoms in total. The number of thiazole rings is 1. The van der Waals surface area contributed by atoms with Crippen LogP contribution in [0.2, 0.25) is 0 Å². The number of ether oxygens (including phenoxy) is 1. The average molecular weight is 303 g/mol. The molecule has 1 aromatic carbocycles. The number of carbonyl (C=O) groups excluding carboxylic acids is 1. The third kappa shape index (κ3) is 2.10. The third-order valence-electron chi connectivity index (χ3n) is 4.58. The number of para-hydroxylation sites is 1. The van der Waals surface area contributed by atoms with Crippen molar-refractivity contribution in [1.82, 2.24) is 4.98 Å². The van der Waals surface area contributed by atoms with Crippen molar-refractivity contribution in [3.63, 3.8) is 0 Å². The van der Waals surface area contributed by atoms with Crippen molar-refractivity contribution in [2.45, 2.75) is 12.8 Å². The van der Waals surface area contributed by atoms with Gasteiger partial charge in [0.15, 0.2) is 5.13 Å². The van der Waals surface area contributed by atoms with E-state index in [2.05, 4.69) is 9.88 Å². The smallest absolute Gasteiger partial charge is 0.250 e. The number of nitrogens with two attached hydrogens (primary N) is 1. The van der Waals surface area contributed by atoms with Crippen LogP contribution in [0.25, 0.3) is 10.2 Å². The summed E-state index contributed by atoms with van der Waals surface area (Å²) in [5.41, 5.74) is 7.09. The fraction of sp³-hybridized carbons (Fsp3) is 0.467. The van der Waals surface area contributed by atoms with Gasteiger partial charge in [-0.15, -0.1) is 0 Å². The number of benzene rings is 1. The van der Waals surface area contributed by atoms with Gasteiger partial charge in [-0.1, -0.05) is 17.4 Å². The Hall–Kier alpha value is -1.66. The first-order chi connectivity index (χ1) is 10.2. The van der Waals surface area contributed by atoms with E-state index in [-0.39, 0.29) is 0 Å². The number of rotatable bonds is 2. The SMILES string of the molecule is NC(=O)c1cccc2sc(N3CCC4(CC3)COC4)nc12. The highest BCUT2D eigenvalue weighted by molar-refractivity contribution is 7.22. The Morgan fingerprint density at radius 2 is 2.10 bits per heavy atom. The second kappa shape index (κ2) is 4.68. The van der Waals surface area contributed by atoms with Gasteiger partial charge in [0, 0.05) is 18.5 Å². The molecule has 2 aliphatic heterocycles. The maximum Gasteiger partial charge on any atom is 0.250 e. The Balaban J connectivity index is 1.62. The molecule has 2 aliphatic rings. The van der Waals surface area contributed by atoms with Gasteiger partial charge in [-0.05, 0) is 25.0 Å². The number of aromatic nitrogens is 1. The van der Waals surface area contributed by atoms with Crippen LogP contribution in [0.5, 0.6) is 0 Å². The van der Waals surface area contributed by atoms with Gasteiger partial charge in [-0.3, -0.25) is 4.79 Å². The molecule has 0 unspecified atom stereocenters. The lowest BCUT2D eigenvalue weighted by Crippen LogP contribution is -2.50. The highest BCUT2D eigenvalue weighted by atomic mass is 32.1. The molecular weight excluding hydrogens is 286 g/mol. The van der Waals surface area contributed by atoms with Crippen LogP contribution >= 0.6 is 11.3 Å². The lowest BCUT2D eigenvalue weighted by Gasteiger charge is -2.47. The number of nitrogens with zero attached hydrogens (tertiary/aromatic N) is 2. The van der Waals surface area contributed by atoms with Crippen molar-refractivity contribution < 1.29 is 9.53 Å². The van der Waals surface area contributed by atoms with Crippen LogP contribution in [0.4, 0.5) is 5.13 Å². The van der Waals surface area contributed by atoms with E-state index in [9.17, 15) is 4.79 Å². The summed E-state index contributed by atoms with van der Waals surface area (Å²) in [4.78, 5) is 18.5. The molecule has 0 bridgehead atoms. The van der Waals surface area contributed by atoms with Crippen LogP contribution < -0.4 is 10.6 Å².